The Balaban J connectivity index is 1.75. The van der Waals surface area contributed by atoms with Crippen molar-refractivity contribution in [2.24, 2.45) is 0 Å². The summed E-state index contributed by atoms with van der Waals surface area (Å²) in [6.45, 7) is 1.88. The summed E-state index contributed by atoms with van der Waals surface area (Å²) in [5.74, 6) is 0.540. The molecule has 3 aromatic rings. The van der Waals surface area contributed by atoms with Crippen LogP contribution < -0.4 is 10.4 Å². The maximum absolute atomic E-state index is 12.4. The Morgan fingerprint density at radius 2 is 1.81 bits per heavy atom. The molecule has 4 nitrogen and oxygen atoms in total. The number of benzene rings is 2. The van der Waals surface area contributed by atoms with E-state index in [1.807, 2.05) is 37.3 Å². The number of ketones is 1. The van der Waals surface area contributed by atoms with E-state index < -0.39 is 0 Å². The SMILES string of the molecule is Cc1cc(OCC(=O)c2ccccc2)c2c3c(c(=O)oc2c1)CCCC3. The number of carbonyl (C=O) groups excluding carboxylic acids is 1. The van der Waals surface area contributed by atoms with Gasteiger partial charge in [0, 0.05) is 11.1 Å². The Kier molecular flexibility index (Phi) is 4.33. The topological polar surface area (TPSA) is 56.5 Å². The number of hydrogen-bond acceptors (Lipinski definition) is 4. The first-order valence-corrected chi connectivity index (χ1v) is 8.94. The lowest BCUT2D eigenvalue weighted by Crippen LogP contribution is -2.17. The molecule has 4 rings (SSSR count). The van der Waals surface area contributed by atoms with Gasteiger partial charge in [-0.15, -0.1) is 0 Å². The lowest BCUT2D eigenvalue weighted by atomic mass is 9.90. The maximum Gasteiger partial charge on any atom is 0.339 e. The van der Waals surface area contributed by atoms with Crippen molar-refractivity contribution in [2.45, 2.75) is 32.6 Å². The molecule has 0 spiro atoms. The Morgan fingerprint density at radius 1 is 1.08 bits per heavy atom. The molecule has 26 heavy (non-hydrogen) atoms. The Hall–Kier alpha value is -2.88. The summed E-state index contributed by atoms with van der Waals surface area (Å²) < 4.78 is 11.5. The molecule has 0 saturated heterocycles. The molecular formula is C22H20O4. The monoisotopic (exact) mass is 348 g/mol. The molecule has 1 aromatic heterocycles. The van der Waals surface area contributed by atoms with Gasteiger partial charge in [-0.2, -0.15) is 0 Å². The molecule has 0 aliphatic heterocycles. The van der Waals surface area contributed by atoms with E-state index in [-0.39, 0.29) is 18.0 Å². The van der Waals surface area contributed by atoms with Crippen LogP contribution in [0.5, 0.6) is 5.75 Å². The zero-order valence-electron chi connectivity index (χ0n) is 14.7. The molecule has 132 valence electrons. The van der Waals surface area contributed by atoms with Crippen LogP contribution in [0.4, 0.5) is 0 Å². The van der Waals surface area contributed by atoms with E-state index in [1.165, 1.54) is 0 Å². The van der Waals surface area contributed by atoms with E-state index in [2.05, 4.69) is 0 Å². The molecule has 4 heteroatoms. The summed E-state index contributed by atoms with van der Waals surface area (Å²) in [6.07, 6.45) is 3.62. The van der Waals surface area contributed by atoms with Crippen molar-refractivity contribution in [3.8, 4) is 5.75 Å². The smallest absolute Gasteiger partial charge is 0.339 e. The summed E-state index contributed by atoms with van der Waals surface area (Å²) >= 11 is 0. The van der Waals surface area contributed by atoms with Crippen LogP contribution in [0.15, 0.2) is 51.7 Å². The van der Waals surface area contributed by atoms with Gasteiger partial charge in [0.1, 0.15) is 11.3 Å². The van der Waals surface area contributed by atoms with E-state index >= 15 is 0 Å². The molecule has 0 bridgehead atoms. The normalized spacial score (nSPS) is 13.4. The molecule has 0 amide bonds. The molecule has 2 aromatic carbocycles. The van der Waals surface area contributed by atoms with Crippen molar-refractivity contribution in [1.29, 1.82) is 0 Å². The van der Waals surface area contributed by atoms with Gasteiger partial charge in [-0.1, -0.05) is 30.3 Å². The molecule has 0 atom stereocenters. The number of Topliss-reactive ketones (excluding diaryl/α,β-unsaturated/α-hetero) is 1. The van der Waals surface area contributed by atoms with Crippen LogP contribution in [-0.2, 0) is 12.8 Å². The average molecular weight is 348 g/mol. The molecular weight excluding hydrogens is 328 g/mol. The Labute approximate surface area is 151 Å². The zero-order valence-corrected chi connectivity index (χ0v) is 14.7. The largest absolute Gasteiger partial charge is 0.485 e. The van der Waals surface area contributed by atoms with Crippen LogP contribution in [0, 0.1) is 6.92 Å². The van der Waals surface area contributed by atoms with Crippen molar-refractivity contribution in [1.82, 2.24) is 0 Å². The lowest BCUT2D eigenvalue weighted by Gasteiger charge is -2.18. The van der Waals surface area contributed by atoms with E-state index in [4.69, 9.17) is 9.15 Å². The fourth-order valence-electron chi connectivity index (χ4n) is 3.63. The predicted octanol–water partition coefficient (Wildman–Crippen LogP) is 4.24. The fraction of sp³-hybridized carbons (Fsp3) is 0.273. The van der Waals surface area contributed by atoms with Gasteiger partial charge in [-0.25, -0.2) is 4.79 Å². The lowest BCUT2D eigenvalue weighted by molar-refractivity contribution is 0.0922. The second-order valence-corrected chi connectivity index (χ2v) is 6.77. The molecule has 1 heterocycles. The summed E-state index contributed by atoms with van der Waals surface area (Å²) in [6, 6.07) is 12.9. The van der Waals surface area contributed by atoms with Crippen LogP contribution >= 0.6 is 0 Å². The molecule has 0 radical (unpaired) electrons. The van der Waals surface area contributed by atoms with Crippen molar-refractivity contribution in [3.05, 3.63) is 75.1 Å². The number of carbonyl (C=O) groups is 1. The molecule has 1 aliphatic rings. The van der Waals surface area contributed by atoms with Gasteiger partial charge in [-0.05, 0) is 55.9 Å². The molecule has 1 aliphatic carbocycles. The average Bonchev–Trinajstić information content (AvgIpc) is 2.66. The van der Waals surface area contributed by atoms with Gasteiger partial charge in [0.15, 0.2) is 12.4 Å². The standard InChI is InChI=1S/C22H20O4/c1-14-11-19(25-13-18(23)15-7-3-2-4-8-15)21-16-9-5-6-10-17(16)22(24)26-20(21)12-14/h2-4,7-8,11-12H,5-6,9-10,13H2,1H3. The third-order valence-electron chi connectivity index (χ3n) is 4.88. The second-order valence-electron chi connectivity index (χ2n) is 6.77. The van der Waals surface area contributed by atoms with Gasteiger partial charge in [0.2, 0.25) is 0 Å². The first kappa shape index (κ1) is 16.6. The minimum absolute atomic E-state index is 0.0452. The first-order chi connectivity index (χ1) is 12.6. The first-order valence-electron chi connectivity index (χ1n) is 8.94. The zero-order chi connectivity index (χ0) is 18.1. The maximum atomic E-state index is 12.4. The van der Waals surface area contributed by atoms with E-state index in [1.54, 1.807) is 12.1 Å². The number of rotatable bonds is 4. The fourth-order valence-corrected chi connectivity index (χ4v) is 3.63. The van der Waals surface area contributed by atoms with Crippen LogP contribution in [0.25, 0.3) is 11.0 Å². The van der Waals surface area contributed by atoms with Crippen LogP contribution in [0.3, 0.4) is 0 Å². The van der Waals surface area contributed by atoms with Crippen LogP contribution in [0.1, 0.15) is 39.9 Å². The highest BCUT2D eigenvalue weighted by atomic mass is 16.5. The van der Waals surface area contributed by atoms with E-state index in [0.717, 1.165) is 47.8 Å². The molecule has 0 fully saturated rings. The number of hydrogen-bond donors (Lipinski definition) is 0. The minimum atomic E-state index is -0.246. The minimum Gasteiger partial charge on any atom is -0.485 e. The predicted molar refractivity (Wildman–Crippen MR) is 100 cm³/mol. The number of aryl methyl sites for hydroxylation is 2. The highest BCUT2D eigenvalue weighted by molar-refractivity contribution is 5.97. The summed E-state index contributed by atoms with van der Waals surface area (Å²) in [7, 11) is 0. The Bertz CT molecular complexity index is 1030. The van der Waals surface area contributed by atoms with Gasteiger partial charge < -0.3 is 9.15 Å². The van der Waals surface area contributed by atoms with Crippen LogP contribution in [-0.4, -0.2) is 12.4 Å². The quantitative estimate of drug-likeness (QED) is 0.523. The van der Waals surface area contributed by atoms with Crippen LogP contribution in [0.2, 0.25) is 0 Å². The van der Waals surface area contributed by atoms with Gasteiger partial charge in [-0.3, -0.25) is 4.79 Å². The van der Waals surface area contributed by atoms with E-state index in [9.17, 15) is 9.59 Å². The third kappa shape index (κ3) is 3.03. The highest BCUT2D eigenvalue weighted by Crippen LogP contribution is 2.34. The molecule has 0 saturated carbocycles. The highest BCUT2D eigenvalue weighted by Gasteiger charge is 2.21. The number of ether oxygens (including phenoxy) is 1. The van der Waals surface area contributed by atoms with Gasteiger partial charge in [0.25, 0.3) is 0 Å². The number of fused-ring (bicyclic) bond motifs is 3. The second kappa shape index (κ2) is 6.79. The van der Waals surface area contributed by atoms with Crippen molar-refractivity contribution < 1.29 is 13.9 Å². The summed E-state index contributed by atoms with van der Waals surface area (Å²) in [5.41, 5.74) is 3.62. The summed E-state index contributed by atoms with van der Waals surface area (Å²) in [4.78, 5) is 24.7. The molecule has 0 N–H and O–H groups in total. The Morgan fingerprint density at radius 3 is 2.58 bits per heavy atom. The molecule has 0 unspecified atom stereocenters. The van der Waals surface area contributed by atoms with Gasteiger partial charge >= 0.3 is 5.63 Å². The van der Waals surface area contributed by atoms with E-state index in [0.29, 0.717) is 16.9 Å². The van der Waals surface area contributed by atoms with Crippen molar-refractivity contribution >= 4 is 16.8 Å². The van der Waals surface area contributed by atoms with Crippen molar-refractivity contribution in [3.63, 3.8) is 0 Å². The third-order valence-corrected chi connectivity index (χ3v) is 4.88. The summed E-state index contributed by atoms with van der Waals surface area (Å²) in [5, 5.41) is 0.839. The van der Waals surface area contributed by atoms with Crippen molar-refractivity contribution in [2.75, 3.05) is 6.61 Å². The van der Waals surface area contributed by atoms with Gasteiger partial charge in [0.05, 0.1) is 5.39 Å².